The Hall–Kier alpha value is -1.71. The highest BCUT2D eigenvalue weighted by atomic mass is 16.3. The molecule has 1 radical (unpaired) electrons. The average Bonchev–Trinajstić information content (AvgIpc) is 2.47. The molecule has 0 unspecified atom stereocenters. The highest BCUT2D eigenvalue weighted by molar-refractivity contribution is 5.62. The van der Waals surface area contributed by atoms with Crippen LogP contribution in [0.25, 0.3) is 11.1 Å². The van der Waals surface area contributed by atoms with Crippen molar-refractivity contribution in [2.45, 2.75) is 13.0 Å². The molecule has 1 N–H and O–H groups in total. The fourth-order valence-corrected chi connectivity index (χ4v) is 2.02. The number of pyridine rings is 1. The number of aliphatic hydroxyl groups is 1. The molecule has 0 atom stereocenters. The van der Waals surface area contributed by atoms with Crippen molar-refractivity contribution in [1.29, 1.82) is 0 Å². The van der Waals surface area contributed by atoms with Gasteiger partial charge in [0.1, 0.15) is 0 Å². The Balaban J connectivity index is 1.99. The SMILES string of the molecule is CN(CCCO)Cc1ccc(-c2c[c]cnc2)cc1. The van der Waals surface area contributed by atoms with E-state index in [9.17, 15) is 0 Å². The van der Waals surface area contributed by atoms with Crippen LogP contribution < -0.4 is 0 Å². The first-order valence-corrected chi connectivity index (χ1v) is 6.49. The normalized spacial score (nSPS) is 10.9. The summed E-state index contributed by atoms with van der Waals surface area (Å²) < 4.78 is 0. The van der Waals surface area contributed by atoms with Gasteiger partial charge in [0.05, 0.1) is 0 Å². The van der Waals surface area contributed by atoms with Crippen molar-refractivity contribution in [2.75, 3.05) is 20.2 Å². The van der Waals surface area contributed by atoms with E-state index in [2.05, 4.69) is 47.3 Å². The molecule has 0 bridgehead atoms. The molecule has 2 aromatic rings. The molecular formula is C16H19N2O. The molecule has 2 rings (SSSR count). The van der Waals surface area contributed by atoms with Gasteiger partial charge in [0.25, 0.3) is 0 Å². The molecule has 1 aromatic carbocycles. The van der Waals surface area contributed by atoms with Gasteiger partial charge in [-0.3, -0.25) is 4.98 Å². The summed E-state index contributed by atoms with van der Waals surface area (Å²) in [6.07, 6.45) is 4.33. The topological polar surface area (TPSA) is 36.4 Å². The van der Waals surface area contributed by atoms with Gasteiger partial charge in [0.2, 0.25) is 0 Å². The Bertz CT molecular complexity index is 482. The maximum atomic E-state index is 8.81. The molecule has 0 saturated carbocycles. The Morgan fingerprint density at radius 2 is 2.00 bits per heavy atom. The molecular weight excluding hydrogens is 236 g/mol. The van der Waals surface area contributed by atoms with Crippen molar-refractivity contribution in [1.82, 2.24) is 9.88 Å². The van der Waals surface area contributed by atoms with Crippen LogP contribution in [-0.2, 0) is 6.54 Å². The van der Waals surface area contributed by atoms with Gasteiger partial charge >= 0.3 is 0 Å². The van der Waals surface area contributed by atoms with E-state index < -0.39 is 0 Å². The van der Waals surface area contributed by atoms with Crippen molar-refractivity contribution in [3.05, 3.63) is 54.4 Å². The predicted octanol–water partition coefficient (Wildman–Crippen LogP) is 2.36. The van der Waals surface area contributed by atoms with Gasteiger partial charge in [-0.2, -0.15) is 0 Å². The minimum Gasteiger partial charge on any atom is -0.396 e. The minimum absolute atomic E-state index is 0.251. The first-order valence-electron chi connectivity index (χ1n) is 6.49. The number of rotatable bonds is 6. The van der Waals surface area contributed by atoms with Gasteiger partial charge < -0.3 is 10.0 Å². The number of hydrogen-bond donors (Lipinski definition) is 1. The smallest absolute Gasteiger partial charge is 0.0443 e. The number of nitrogens with zero attached hydrogens (tertiary/aromatic N) is 2. The van der Waals surface area contributed by atoms with E-state index in [-0.39, 0.29) is 6.61 Å². The zero-order valence-electron chi connectivity index (χ0n) is 11.2. The number of hydrogen-bond acceptors (Lipinski definition) is 3. The van der Waals surface area contributed by atoms with E-state index in [1.807, 2.05) is 12.3 Å². The van der Waals surface area contributed by atoms with E-state index >= 15 is 0 Å². The third-order valence-corrected chi connectivity index (χ3v) is 3.04. The maximum absolute atomic E-state index is 8.81. The molecule has 0 saturated heterocycles. The lowest BCUT2D eigenvalue weighted by atomic mass is 10.1. The summed E-state index contributed by atoms with van der Waals surface area (Å²) in [5.41, 5.74) is 3.52. The van der Waals surface area contributed by atoms with E-state index in [0.717, 1.165) is 30.6 Å². The quantitative estimate of drug-likeness (QED) is 0.861. The Labute approximate surface area is 114 Å². The van der Waals surface area contributed by atoms with Crippen LogP contribution >= 0.6 is 0 Å². The van der Waals surface area contributed by atoms with Gasteiger partial charge in [-0.1, -0.05) is 24.3 Å². The monoisotopic (exact) mass is 255 g/mol. The molecule has 0 aliphatic carbocycles. The van der Waals surface area contributed by atoms with Crippen molar-refractivity contribution < 1.29 is 5.11 Å². The third-order valence-electron chi connectivity index (χ3n) is 3.04. The molecule has 0 aliphatic rings. The van der Waals surface area contributed by atoms with Crippen molar-refractivity contribution in [3.8, 4) is 11.1 Å². The van der Waals surface area contributed by atoms with E-state index in [4.69, 9.17) is 5.11 Å². The Morgan fingerprint density at radius 1 is 1.21 bits per heavy atom. The molecule has 19 heavy (non-hydrogen) atoms. The average molecular weight is 255 g/mol. The van der Waals surface area contributed by atoms with Crippen LogP contribution in [-0.4, -0.2) is 35.2 Å². The molecule has 3 nitrogen and oxygen atoms in total. The van der Waals surface area contributed by atoms with Gasteiger partial charge in [-0.15, -0.1) is 0 Å². The van der Waals surface area contributed by atoms with E-state index in [0.29, 0.717) is 0 Å². The zero-order valence-corrected chi connectivity index (χ0v) is 11.2. The lowest BCUT2D eigenvalue weighted by molar-refractivity contribution is 0.244. The lowest BCUT2D eigenvalue weighted by Crippen LogP contribution is -2.19. The second-order valence-corrected chi connectivity index (χ2v) is 4.69. The summed E-state index contributed by atoms with van der Waals surface area (Å²) in [5.74, 6) is 0. The fourth-order valence-electron chi connectivity index (χ4n) is 2.02. The van der Waals surface area contributed by atoms with Crippen LogP contribution in [0.15, 0.2) is 42.7 Å². The second-order valence-electron chi connectivity index (χ2n) is 4.69. The van der Waals surface area contributed by atoms with Crippen molar-refractivity contribution >= 4 is 0 Å². The first-order chi connectivity index (χ1) is 9.29. The van der Waals surface area contributed by atoms with Crippen LogP contribution in [0.3, 0.4) is 0 Å². The molecule has 0 fully saturated rings. The molecule has 1 heterocycles. The fraction of sp³-hybridized carbons (Fsp3) is 0.312. The molecule has 0 spiro atoms. The molecule has 3 heteroatoms. The van der Waals surface area contributed by atoms with Gasteiger partial charge in [-0.05, 0) is 30.7 Å². The highest BCUT2D eigenvalue weighted by Crippen LogP contribution is 2.18. The number of benzene rings is 1. The maximum Gasteiger partial charge on any atom is 0.0443 e. The predicted molar refractivity (Wildman–Crippen MR) is 76.5 cm³/mol. The number of aromatic nitrogens is 1. The van der Waals surface area contributed by atoms with Crippen LogP contribution in [0.2, 0.25) is 0 Å². The summed E-state index contributed by atoms with van der Waals surface area (Å²) in [6.45, 7) is 2.07. The first kappa shape index (κ1) is 13.7. The minimum atomic E-state index is 0.251. The van der Waals surface area contributed by atoms with Gasteiger partial charge in [0.15, 0.2) is 0 Å². The molecule has 1 aromatic heterocycles. The summed E-state index contributed by atoms with van der Waals surface area (Å²) in [7, 11) is 2.07. The summed E-state index contributed by atoms with van der Waals surface area (Å²) in [6, 6.07) is 13.4. The summed E-state index contributed by atoms with van der Waals surface area (Å²) in [4.78, 5) is 6.29. The number of aliphatic hydroxyl groups excluding tert-OH is 1. The Kier molecular flexibility index (Phi) is 5.07. The second kappa shape index (κ2) is 7.02. The van der Waals surface area contributed by atoms with Crippen LogP contribution in [0.5, 0.6) is 0 Å². The van der Waals surface area contributed by atoms with E-state index in [1.54, 1.807) is 6.20 Å². The van der Waals surface area contributed by atoms with Crippen molar-refractivity contribution in [2.24, 2.45) is 0 Å². The third kappa shape index (κ3) is 4.16. The largest absolute Gasteiger partial charge is 0.396 e. The van der Waals surface area contributed by atoms with Crippen LogP contribution in [0.1, 0.15) is 12.0 Å². The van der Waals surface area contributed by atoms with Gasteiger partial charge in [0, 0.05) is 43.7 Å². The van der Waals surface area contributed by atoms with E-state index in [1.165, 1.54) is 5.56 Å². The standard InChI is InChI=1S/C16H19N2O/c1-18(10-3-11-19)13-14-5-7-15(8-6-14)16-4-2-9-17-12-16/h4-9,12,19H,3,10-11,13H2,1H3. The summed E-state index contributed by atoms with van der Waals surface area (Å²) in [5, 5.41) is 8.81. The summed E-state index contributed by atoms with van der Waals surface area (Å²) >= 11 is 0. The van der Waals surface area contributed by atoms with Crippen LogP contribution in [0, 0.1) is 6.07 Å². The van der Waals surface area contributed by atoms with Gasteiger partial charge in [-0.25, -0.2) is 0 Å². The molecule has 99 valence electrons. The van der Waals surface area contributed by atoms with Crippen molar-refractivity contribution in [3.63, 3.8) is 0 Å². The molecule has 0 amide bonds. The van der Waals surface area contributed by atoms with Crippen LogP contribution in [0.4, 0.5) is 0 Å². The zero-order chi connectivity index (χ0) is 13.5. The highest BCUT2D eigenvalue weighted by Gasteiger charge is 2.01. The molecule has 0 aliphatic heterocycles. The Morgan fingerprint density at radius 3 is 2.63 bits per heavy atom. The lowest BCUT2D eigenvalue weighted by Gasteiger charge is -2.16.